The molecule has 4 heterocycles. The number of allylic oxidation sites excluding steroid dienone is 2. The highest BCUT2D eigenvalue weighted by molar-refractivity contribution is 6.00. The van der Waals surface area contributed by atoms with Gasteiger partial charge in [0.1, 0.15) is 0 Å². The highest BCUT2D eigenvalue weighted by Gasteiger charge is 2.24. The number of hydrogen-bond donors (Lipinski definition) is 0. The molecule has 1 aromatic carbocycles. The molecule has 0 atom stereocenters. The molecule has 0 aliphatic carbocycles. The number of ether oxygens (including phenoxy) is 2. The van der Waals surface area contributed by atoms with Crippen LogP contribution in [0.25, 0.3) is 16.7 Å². The van der Waals surface area contributed by atoms with Crippen molar-refractivity contribution in [2.24, 2.45) is 0 Å². The van der Waals surface area contributed by atoms with E-state index in [1.165, 1.54) is 4.68 Å². The van der Waals surface area contributed by atoms with Crippen LogP contribution in [0.1, 0.15) is 16.1 Å². The summed E-state index contributed by atoms with van der Waals surface area (Å²) in [6.07, 6.45) is 7.46. The van der Waals surface area contributed by atoms with Crippen molar-refractivity contribution in [3.05, 3.63) is 66.3 Å². The van der Waals surface area contributed by atoms with Crippen molar-refractivity contribution < 1.29 is 14.3 Å². The third-order valence-electron chi connectivity index (χ3n) is 4.45. The lowest BCUT2D eigenvalue weighted by Crippen LogP contribution is -2.18. The Hall–Kier alpha value is -3.41. The smallest absolute Gasteiger partial charge is 0.271 e. The van der Waals surface area contributed by atoms with Gasteiger partial charge in [-0.3, -0.25) is 9.78 Å². The number of carbonyl (C=O) groups excluding carboxylic acids is 1. The fourth-order valence-electron chi connectivity index (χ4n) is 3.22. The van der Waals surface area contributed by atoms with Gasteiger partial charge in [-0.15, -0.1) is 0 Å². The molecular weight excluding hydrogens is 318 g/mol. The van der Waals surface area contributed by atoms with Crippen molar-refractivity contribution in [2.75, 3.05) is 6.79 Å². The summed E-state index contributed by atoms with van der Waals surface area (Å²) in [5.41, 5.74) is 4.62. The van der Waals surface area contributed by atoms with Crippen molar-refractivity contribution >= 4 is 11.5 Å². The van der Waals surface area contributed by atoms with Crippen LogP contribution in [0.3, 0.4) is 0 Å². The van der Waals surface area contributed by atoms with Crippen LogP contribution in [0, 0.1) is 0 Å². The Labute approximate surface area is 143 Å². The van der Waals surface area contributed by atoms with Crippen LogP contribution >= 0.6 is 0 Å². The summed E-state index contributed by atoms with van der Waals surface area (Å²) < 4.78 is 12.3. The lowest BCUT2D eigenvalue weighted by atomic mass is 9.95. The topological polar surface area (TPSA) is 66.2 Å². The van der Waals surface area contributed by atoms with Crippen LogP contribution in [-0.2, 0) is 6.42 Å². The molecule has 0 saturated heterocycles. The molecule has 6 nitrogen and oxygen atoms in total. The van der Waals surface area contributed by atoms with E-state index in [9.17, 15) is 4.79 Å². The van der Waals surface area contributed by atoms with Gasteiger partial charge in [0.2, 0.25) is 6.79 Å². The van der Waals surface area contributed by atoms with Crippen molar-refractivity contribution in [3.8, 4) is 22.6 Å². The second kappa shape index (κ2) is 5.31. The fraction of sp³-hybridized carbons (Fsp3) is 0.105. The van der Waals surface area contributed by atoms with Crippen LogP contribution in [0.2, 0.25) is 0 Å². The molecule has 0 N–H and O–H groups in total. The first-order valence-electron chi connectivity index (χ1n) is 7.92. The summed E-state index contributed by atoms with van der Waals surface area (Å²) in [5, 5.41) is 4.25. The number of rotatable bonds is 2. The van der Waals surface area contributed by atoms with E-state index < -0.39 is 0 Å². The molecule has 2 aliphatic heterocycles. The zero-order chi connectivity index (χ0) is 16.8. The molecule has 2 aliphatic rings. The molecule has 5 rings (SSSR count). The zero-order valence-corrected chi connectivity index (χ0v) is 13.2. The average molecular weight is 331 g/mol. The normalized spacial score (nSPS) is 15.0. The number of aromatic nitrogens is 3. The predicted octanol–water partition coefficient (Wildman–Crippen LogP) is 2.95. The van der Waals surface area contributed by atoms with E-state index in [0.717, 1.165) is 33.7 Å². The van der Waals surface area contributed by atoms with Crippen LogP contribution in [0.5, 0.6) is 11.5 Å². The molecule has 0 amide bonds. The van der Waals surface area contributed by atoms with Crippen molar-refractivity contribution in [3.63, 3.8) is 0 Å². The molecule has 0 bridgehead atoms. The van der Waals surface area contributed by atoms with Crippen LogP contribution in [0.4, 0.5) is 0 Å². The lowest BCUT2D eigenvalue weighted by molar-refractivity contribution is 0.0949. The SMILES string of the molecule is O=C1C=C(c2ccc3c(c2)OCO3)Cc2c(-c3cccnc3)cnn21. The minimum atomic E-state index is -0.149. The summed E-state index contributed by atoms with van der Waals surface area (Å²) in [4.78, 5) is 16.7. The molecule has 3 aromatic rings. The Bertz CT molecular complexity index is 1020. The molecule has 0 radical (unpaired) electrons. The van der Waals surface area contributed by atoms with E-state index in [1.807, 2.05) is 30.3 Å². The van der Waals surface area contributed by atoms with E-state index in [0.29, 0.717) is 12.2 Å². The van der Waals surface area contributed by atoms with Crippen molar-refractivity contribution in [1.82, 2.24) is 14.8 Å². The Kier molecular flexibility index (Phi) is 2.97. The minimum Gasteiger partial charge on any atom is -0.454 e. The van der Waals surface area contributed by atoms with Gasteiger partial charge >= 0.3 is 0 Å². The molecule has 122 valence electrons. The minimum absolute atomic E-state index is 0.149. The standard InChI is InChI=1S/C19H13N3O3/c23-19-8-14(12-3-4-17-18(7-12)25-11-24-17)6-16-15(10-21-22(16)19)13-2-1-5-20-9-13/h1-5,7-10H,6,11H2. The molecule has 0 saturated carbocycles. The van der Waals surface area contributed by atoms with Crippen molar-refractivity contribution in [2.45, 2.75) is 6.42 Å². The summed E-state index contributed by atoms with van der Waals surface area (Å²) in [5.74, 6) is 1.29. The highest BCUT2D eigenvalue weighted by atomic mass is 16.7. The predicted molar refractivity (Wildman–Crippen MR) is 90.3 cm³/mol. The largest absolute Gasteiger partial charge is 0.454 e. The van der Waals surface area contributed by atoms with Gasteiger partial charge in [0, 0.05) is 36.0 Å². The molecule has 6 heteroatoms. The number of carbonyl (C=O) groups is 1. The molecule has 25 heavy (non-hydrogen) atoms. The van der Waals surface area contributed by atoms with Gasteiger partial charge in [-0.2, -0.15) is 5.10 Å². The molecule has 0 spiro atoms. The first-order valence-corrected chi connectivity index (χ1v) is 7.92. The summed E-state index contributed by atoms with van der Waals surface area (Å²) in [7, 11) is 0. The van der Waals surface area contributed by atoms with Crippen molar-refractivity contribution in [1.29, 1.82) is 0 Å². The fourth-order valence-corrected chi connectivity index (χ4v) is 3.22. The molecule has 0 fully saturated rings. The van der Waals surface area contributed by atoms with E-state index >= 15 is 0 Å². The summed E-state index contributed by atoms with van der Waals surface area (Å²) in [6.45, 7) is 0.231. The number of benzene rings is 1. The Morgan fingerprint density at radius 1 is 1.04 bits per heavy atom. The number of nitrogens with zero attached hydrogens (tertiary/aromatic N) is 3. The van der Waals surface area contributed by atoms with Gasteiger partial charge in [-0.1, -0.05) is 12.1 Å². The maximum Gasteiger partial charge on any atom is 0.271 e. The first kappa shape index (κ1) is 14.0. The van der Waals surface area contributed by atoms with Gasteiger partial charge in [-0.05, 0) is 29.3 Å². The van der Waals surface area contributed by atoms with Gasteiger partial charge in [0.25, 0.3) is 5.91 Å². The van der Waals surface area contributed by atoms with E-state index in [1.54, 1.807) is 24.7 Å². The van der Waals surface area contributed by atoms with Gasteiger partial charge in [0.05, 0.1) is 11.9 Å². The van der Waals surface area contributed by atoms with Crippen LogP contribution in [0.15, 0.2) is 55.0 Å². The highest BCUT2D eigenvalue weighted by Crippen LogP contribution is 2.37. The maximum atomic E-state index is 12.5. The molecule has 0 unspecified atom stereocenters. The molecular formula is C19H13N3O3. The van der Waals surface area contributed by atoms with E-state index in [2.05, 4.69) is 10.1 Å². The third-order valence-corrected chi connectivity index (χ3v) is 4.45. The Balaban J connectivity index is 1.57. The number of hydrogen-bond acceptors (Lipinski definition) is 5. The number of pyridine rings is 1. The first-order chi connectivity index (χ1) is 12.3. The third kappa shape index (κ3) is 2.22. The van der Waals surface area contributed by atoms with Crippen LogP contribution in [-0.4, -0.2) is 27.5 Å². The summed E-state index contributed by atoms with van der Waals surface area (Å²) >= 11 is 0. The number of fused-ring (bicyclic) bond motifs is 2. The average Bonchev–Trinajstić information content (AvgIpc) is 3.28. The summed E-state index contributed by atoms with van der Waals surface area (Å²) in [6, 6.07) is 9.57. The monoisotopic (exact) mass is 331 g/mol. The quantitative estimate of drug-likeness (QED) is 0.722. The molecule has 2 aromatic heterocycles. The van der Waals surface area contributed by atoms with E-state index in [4.69, 9.17) is 9.47 Å². The Morgan fingerprint density at radius 2 is 1.96 bits per heavy atom. The van der Waals surface area contributed by atoms with Gasteiger partial charge in [0.15, 0.2) is 11.5 Å². The zero-order valence-electron chi connectivity index (χ0n) is 13.2. The second-order valence-corrected chi connectivity index (χ2v) is 5.91. The Morgan fingerprint density at radius 3 is 2.84 bits per heavy atom. The van der Waals surface area contributed by atoms with Gasteiger partial charge in [-0.25, -0.2) is 4.68 Å². The second-order valence-electron chi connectivity index (χ2n) is 5.91. The lowest BCUT2D eigenvalue weighted by Gasteiger charge is -2.16. The van der Waals surface area contributed by atoms with Crippen LogP contribution < -0.4 is 9.47 Å². The van der Waals surface area contributed by atoms with E-state index in [-0.39, 0.29) is 12.7 Å². The maximum absolute atomic E-state index is 12.5. The van der Waals surface area contributed by atoms with Gasteiger partial charge < -0.3 is 9.47 Å².